The normalized spacial score (nSPS) is 16.4. The predicted molar refractivity (Wildman–Crippen MR) is 202 cm³/mol. The van der Waals surface area contributed by atoms with Crippen molar-refractivity contribution in [3.05, 3.63) is 175 Å². The van der Waals surface area contributed by atoms with Gasteiger partial charge in [-0.1, -0.05) is 140 Å². The van der Waals surface area contributed by atoms with E-state index in [1.165, 1.54) is 33.1 Å². The zero-order valence-corrected chi connectivity index (χ0v) is 26.6. The highest BCUT2D eigenvalue weighted by molar-refractivity contribution is 6.05. The van der Waals surface area contributed by atoms with Crippen molar-refractivity contribution >= 4 is 43.7 Å². The second-order valence-electron chi connectivity index (χ2n) is 12.8. The number of anilines is 2. The molecule has 2 atom stereocenters. The highest BCUT2D eigenvalue weighted by Crippen LogP contribution is 2.51. The van der Waals surface area contributed by atoms with Crippen molar-refractivity contribution in [2.24, 2.45) is 0 Å². The van der Waals surface area contributed by atoms with Crippen LogP contribution in [0.15, 0.2) is 170 Å². The Bertz CT molecular complexity index is 2640. The van der Waals surface area contributed by atoms with Gasteiger partial charge in [-0.25, -0.2) is 15.0 Å². The van der Waals surface area contributed by atoms with E-state index in [1.807, 2.05) is 18.2 Å². The average molecular weight is 627 g/mol. The summed E-state index contributed by atoms with van der Waals surface area (Å²) in [6.45, 7) is 0. The SMILES string of the molecule is C1=CC2c3cc4ccccc4cc3N(c3ccc(-c4nc(-c5ccccc5)nc(-c5ccc6ccccc6c5)n4)c4ccccc34)C2C=C1. The minimum atomic E-state index is 0.187. The standard InChI is InChI=1S/C45H30N4/c1-2-13-30(14-3-1)43-46-44(34-23-22-29-12-4-5-15-31(29)26-34)48-45(47-43)38-24-25-41(36-19-9-8-18-35(36)38)49-40-21-11-10-20-37(40)39-27-32-16-6-7-17-33(32)28-42(39)49/h1-28,37,40H. The highest BCUT2D eigenvalue weighted by Gasteiger charge is 2.38. The lowest BCUT2D eigenvalue weighted by Crippen LogP contribution is -2.28. The van der Waals surface area contributed by atoms with Gasteiger partial charge in [0.15, 0.2) is 17.5 Å². The Morgan fingerprint density at radius 2 is 1.06 bits per heavy atom. The van der Waals surface area contributed by atoms with Crippen LogP contribution in [0, 0.1) is 0 Å². The van der Waals surface area contributed by atoms with Crippen molar-refractivity contribution in [3.63, 3.8) is 0 Å². The van der Waals surface area contributed by atoms with Crippen LogP contribution >= 0.6 is 0 Å². The fourth-order valence-electron chi connectivity index (χ4n) is 7.66. The maximum Gasteiger partial charge on any atom is 0.164 e. The van der Waals surface area contributed by atoms with Gasteiger partial charge in [-0.05, 0) is 62.8 Å². The van der Waals surface area contributed by atoms with Gasteiger partial charge in [0, 0.05) is 39.4 Å². The first kappa shape index (κ1) is 27.7. The van der Waals surface area contributed by atoms with Gasteiger partial charge < -0.3 is 4.90 Å². The van der Waals surface area contributed by atoms with Crippen LogP contribution in [-0.2, 0) is 0 Å². The Balaban J connectivity index is 1.17. The topological polar surface area (TPSA) is 41.9 Å². The van der Waals surface area contributed by atoms with Gasteiger partial charge in [0.05, 0.1) is 6.04 Å². The van der Waals surface area contributed by atoms with E-state index >= 15 is 0 Å². The fraction of sp³-hybridized carbons (Fsp3) is 0.0444. The minimum absolute atomic E-state index is 0.187. The minimum Gasteiger partial charge on any atom is -0.333 e. The molecule has 0 amide bonds. The van der Waals surface area contributed by atoms with Crippen LogP contribution in [0.5, 0.6) is 0 Å². The lowest BCUT2D eigenvalue weighted by Gasteiger charge is -2.30. The molecule has 4 heteroatoms. The van der Waals surface area contributed by atoms with E-state index in [9.17, 15) is 0 Å². The molecule has 2 heterocycles. The van der Waals surface area contributed by atoms with E-state index in [0.29, 0.717) is 17.5 Å². The molecule has 10 rings (SSSR count). The van der Waals surface area contributed by atoms with Crippen LogP contribution in [0.3, 0.4) is 0 Å². The first-order valence-corrected chi connectivity index (χ1v) is 16.8. The molecule has 7 aromatic carbocycles. The highest BCUT2D eigenvalue weighted by atomic mass is 15.2. The summed E-state index contributed by atoms with van der Waals surface area (Å²) in [5.74, 6) is 2.25. The Morgan fingerprint density at radius 3 is 1.88 bits per heavy atom. The summed E-state index contributed by atoms with van der Waals surface area (Å²) >= 11 is 0. The molecule has 0 saturated heterocycles. The molecular weight excluding hydrogens is 597 g/mol. The van der Waals surface area contributed by atoms with Crippen LogP contribution in [0.4, 0.5) is 11.4 Å². The summed E-state index contributed by atoms with van der Waals surface area (Å²) in [5, 5.41) is 7.14. The monoisotopic (exact) mass is 626 g/mol. The second-order valence-corrected chi connectivity index (χ2v) is 12.8. The summed E-state index contributed by atoms with van der Waals surface area (Å²) in [4.78, 5) is 17.8. The summed E-state index contributed by atoms with van der Waals surface area (Å²) in [6, 6.07) is 51.7. The molecule has 1 aromatic heterocycles. The van der Waals surface area contributed by atoms with Gasteiger partial charge >= 0.3 is 0 Å². The van der Waals surface area contributed by atoms with Crippen LogP contribution in [0.2, 0.25) is 0 Å². The number of benzene rings is 7. The average Bonchev–Trinajstić information content (AvgIpc) is 3.49. The van der Waals surface area contributed by atoms with E-state index in [0.717, 1.165) is 32.8 Å². The molecule has 0 fully saturated rings. The van der Waals surface area contributed by atoms with Gasteiger partial charge in [-0.15, -0.1) is 0 Å². The molecular formula is C45H30N4. The molecule has 0 spiro atoms. The van der Waals surface area contributed by atoms with E-state index in [1.54, 1.807) is 0 Å². The Morgan fingerprint density at radius 1 is 0.429 bits per heavy atom. The van der Waals surface area contributed by atoms with E-state index in [-0.39, 0.29) is 12.0 Å². The van der Waals surface area contributed by atoms with E-state index in [2.05, 4.69) is 157 Å². The van der Waals surface area contributed by atoms with Crippen molar-refractivity contribution < 1.29 is 0 Å². The van der Waals surface area contributed by atoms with Crippen molar-refractivity contribution in [2.45, 2.75) is 12.0 Å². The van der Waals surface area contributed by atoms with Crippen molar-refractivity contribution in [2.75, 3.05) is 4.90 Å². The Labute approximate surface area is 284 Å². The third-order valence-corrected chi connectivity index (χ3v) is 9.99. The molecule has 8 aromatic rings. The molecule has 1 aliphatic carbocycles. The second kappa shape index (κ2) is 11.1. The van der Waals surface area contributed by atoms with Gasteiger partial charge in [0.2, 0.25) is 0 Å². The number of hydrogen-bond acceptors (Lipinski definition) is 4. The lowest BCUT2D eigenvalue weighted by molar-refractivity contribution is 0.746. The number of nitrogens with zero attached hydrogens (tertiary/aromatic N) is 4. The third kappa shape index (κ3) is 4.56. The van der Waals surface area contributed by atoms with Crippen LogP contribution < -0.4 is 4.90 Å². The maximum absolute atomic E-state index is 5.16. The molecule has 0 saturated carbocycles. The molecule has 49 heavy (non-hydrogen) atoms. The Hall–Kier alpha value is -6.39. The van der Waals surface area contributed by atoms with Crippen LogP contribution in [0.25, 0.3) is 66.5 Å². The summed E-state index contributed by atoms with van der Waals surface area (Å²) in [5.41, 5.74) is 6.70. The zero-order valence-electron chi connectivity index (χ0n) is 26.6. The van der Waals surface area contributed by atoms with Crippen molar-refractivity contribution in [1.29, 1.82) is 0 Å². The lowest BCUT2D eigenvalue weighted by atomic mass is 9.90. The summed E-state index contributed by atoms with van der Waals surface area (Å²) in [6.07, 6.45) is 9.05. The summed E-state index contributed by atoms with van der Waals surface area (Å²) < 4.78 is 0. The van der Waals surface area contributed by atoms with Gasteiger partial charge in [0.25, 0.3) is 0 Å². The summed E-state index contributed by atoms with van der Waals surface area (Å²) in [7, 11) is 0. The molecule has 0 radical (unpaired) electrons. The molecule has 2 aliphatic rings. The maximum atomic E-state index is 5.16. The van der Waals surface area contributed by atoms with Crippen LogP contribution in [0.1, 0.15) is 11.5 Å². The number of hydrogen-bond donors (Lipinski definition) is 0. The molecule has 0 bridgehead atoms. The quantitative estimate of drug-likeness (QED) is 0.195. The van der Waals surface area contributed by atoms with Gasteiger partial charge in [0.1, 0.15) is 0 Å². The van der Waals surface area contributed by atoms with Gasteiger partial charge in [-0.3, -0.25) is 0 Å². The number of rotatable bonds is 4. The molecule has 230 valence electrons. The van der Waals surface area contributed by atoms with Gasteiger partial charge in [-0.2, -0.15) is 0 Å². The first-order valence-electron chi connectivity index (χ1n) is 16.8. The third-order valence-electron chi connectivity index (χ3n) is 9.99. The Kier molecular flexibility index (Phi) is 6.28. The molecule has 1 aliphatic heterocycles. The largest absolute Gasteiger partial charge is 0.333 e. The van der Waals surface area contributed by atoms with E-state index < -0.39 is 0 Å². The fourth-order valence-corrected chi connectivity index (χ4v) is 7.66. The number of allylic oxidation sites excluding steroid dienone is 2. The molecule has 2 unspecified atom stereocenters. The van der Waals surface area contributed by atoms with Crippen molar-refractivity contribution in [1.82, 2.24) is 15.0 Å². The first-order chi connectivity index (χ1) is 24.3. The molecule has 0 N–H and O–H groups in total. The van der Waals surface area contributed by atoms with Crippen LogP contribution in [-0.4, -0.2) is 21.0 Å². The van der Waals surface area contributed by atoms with Crippen molar-refractivity contribution in [3.8, 4) is 34.2 Å². The smallest absolute Gasteiger partial charge is 0.164 e. The number of aromatic nitrogens is 3. The number of fused-ring (bicyclic) bond motifs is 6. The zero-order chi connectivity index (χ0) is 32.3. The predicted octanol–water partition coefficient (Wildman–Crippen LogP) is 11.1. The van der Waals surface area contributed by atoms with E-state index in [4.69, 9.17) is 15.0 Å². The molecule has 4 nitrogen and oxygen atoms in total.